The summed E-state index contributed by atoms with van der Waals surface area (Å²) in [4.78, 5) is 30.3. The van der Waals surface area contributed by atoms with Gasteiger partial charge in [-0.1, -0.05) is 49.6 Å². The Balaban J connectivity index is 1.43. The molecule has 2 amide bonds. The van der Waals surface area contributed by atoms with Gasteiger partial charge < -0.3 is 10.2 Å². The van der Waals surface area contributed by atoms with Gasteiger partial charge in [-0.2, -0.15) is 0 Å². The maximum Gasteiger partial charge on any atom is 0.244 e. The van der Waals surface area contributed by atoms with E-state index in [0.29, 0.717) is 11.8 Å². The Morgan fingerprint density at radius 2 is 1.83 bits per heavy atom. The van der Waals surface area contributed by atoms with E-state index in [-0.39, 0.29) is 18.4 Å². The average molecular weight is 424 g/mol. The molecule has 158 valence electrons. The summed E-state index contributed by atoms with van der Waals surface area (Å²) < 4.78 is 0. The van der Waals surface area contributed by atoms with Crippen LogP contribution in [-0.2, 0) is 16.1 Å². The van der Waals surface area contributed by atoms with E-state index in [1.807, 2.05) is 42.5 Å². The molecular formula is C24H29N3O2S. The maximum atomic E-state index is 12.9. The average Bonchev–Trinajstić information content (AvgIpc) is 2.77. The fraction of sp³-hybridized carbons (Fsp3) is 0.417. The van der Waals surface area contributed by atoms with Gasteiger partial charge in [0.25, 0.3) is 0 Å². The second-order valence-corrected chi connectivity index (χ2v) is 9.17. The number of nitrogens with zero attached hydrogens (tertiary/aromatic N) is 2. The first-order valence-corrected chi connectivity index (χ1v) is 11.7. The minimum atomic E-state index is -0.169. The van der Waals surface area contributed by atoms with Crippen molar-refractivity contribution >= 4 is 35.0 Å². The van der Waals surface area contributed by atoms with Crippen LogP contribution in [0.3, 0.4) is 0 Å². The van der Waals surface area contributed by atoms with Crippen LogP contribution in [0.15, 0.2) is 53.4 Å². The lowest BCUT2D eigenvalue weighted by Gasteiger charge is -2.32. The van der Waals surface area contributed by atoms with Gasteiger partial charge in [-0.3, -0.25) is 14.5 Å². The molecule has 0 bridgehead atoms. The van der Waals surface area contributed by atoms with Gasteiger partial charge >= 0.3 is 0 Å². The first-order valence-electron chi connectivity index (χ1n) is 10.7. The van der Waals surface area contributed by atoms with Crippen molar-refractivity contribution < 1.29 is 9.59 Å². The van der Waals surface area contributed by atoms with Crippen LogP contribution in [0, 0.1) is 0 Å². The molecule has 1 aliphatic carbocycles. The number of hydrogen-bond acceptors (Lipinski definition) is 4. The number of benzene rings is 2. The van der Waals surface area contributed by atoms with E-state index < -0.39 is 0 Å². The molecule has 0 unspecified atom stereocenters. The number of rotatable bonds is 6. The van der Waals surface area contributed by atoms with Crippen LogP contribution in [-0.4, -0.2) is 42.1 Å². The first kappa shape index (κ1) is 20.9. The molecule has 1 fully saturated rings. The van der Waals surface area contributed by atoms with Gasteiger partial charge in [-0.15, -0.1) is 11.8 Å². The lowest BCUT2D eigenvalue weighted by molar-refractivity contribution is -0.120. The smallest absolute Gasteiger partial charge is 0.244 e. The Labute approximate surface area is 182 Å². The number of carbonyl (C=O) groups is 2. The van der Waals surface area contributed by atoms with Crippen molar-refractivity contribution in [3.8, 4) is 0 Å². The number of amides is 2. The molecule has 6 heteroatoms. The Kier molecular flexibility index (Phi) is 6.75. The molecule has 1 saturated carbocycles. The molecule has 2 aromatic rings. The molecule has 1 N–H and O–H groups in total. The zero-order chi connectivity index (χ0) is 20.9. The fourth-order valence-corrected chi connectivity index (χ4v) is 5.30. The summed E-state index contributed by atoms with van der Waals surface area (Å²) in [5.41, 5.74) is 2.76. The zero-order valence-corrected chi connectivity index (χ0v) is 18.3. The highest BCUT2D eigenvalue weighted by Crippen LogP contribution is 2.34. The van der Waals surface area contributed by atoms with Crippen LogP contribution in [0.4, 0.5) is 11.4 Å². The molecular weight excluding hydrogens is 394 g/mol. The van der Waals surface area contributed by atoms with Gasteiger partial charge in [-0.25, -0.2) is 0 Å². The second-order valence-electron chi connectivity index (χ2n) is 8.15. The van der Waals surface area contributed by atoms with E-state index in [1.54, 1.807) is 4.90 Å². The van der Waals surface area contributed by atoms with Gasteiger partial charge in [-0.05, 0) is 43.7 Å². The van der Waals surface area contributed by atoms with E-state index in [0.717, 1.165) is 28.4 Å². The Hall–Kier alpha value is -2.31. The summed E-state index contributed by atoms with van der Waals surface area (Å²) in [6.07, 6.45) is 6.45. The van der Waals surface area contributed by atoms with Crippen molar-refractivity contribution in [2.75, 3.05) is 29.6 Å². The molecule has 0 radical (unpaired) electrons. The van der Waals surface area contributed by atoms with Crippen molar-refractivity contribution in [2.45, 2.75) is 49.6 Å². The van der Waals surface area contributed by atoms with Crippen LogP contribution in [0.2, 0.25) is 0 Å². The Morgan fingerprint density at radius 3 is 2.67 bits per heavy atom. The molecule has 0 aromatic heterocycles. The number of hydrogen-bond donors (Lipinski definition) is 1. The third-order valence-electron chi connectivity index (χ3n) is 6.02. The summed E-state index contributed by atoms with van der Waals surface area (Å²) in [6.45, 7) is 0.840. The largest absolute Gasteiger partial charge is 0.324 e. The van der Waals surface area contributed by atoms with Crippen molar-refractivity contribution in [3.63, 3.8) is 0 Å². The minimum absolute atomic E-state index is 0.0285. The van der Waals surface area contributed by atoms with Gasteiger partial charge in [0.05, 0.1) is 11.4 Å². The number of thioether (sulfide) groups is 1. The van der Waals surface area contributed by atoms with Crippen LogP contribution in [0.25, 0.3) is 0 Å². The third-order valence-corrected chi connectivity index (χ3v) is 7.07. The maximum absolute atomic E-state index is 12.9. The van der Waals surface area contributed by atoms with E-state index in [9.17, 15) is 9.59 Å². The predicted molar refractivity (Wildman–Crippen MR) is 123 cm³/mol. The molecule has 30 heavy (non-hydrogen) atoms. The second kappa shape index (κ2) is 9.67. The molecule has 5 nitrogen and oxygen atoms in total. The van der Waals surface area contributed by atoms with Crippen LogP contribution < -0.4 is 10.2 Å². The highest BCUT2D eigenvalue weighted by atomic mass is 32.2. The van der Waals surface area contributed by atoms with Gasteiger partial charge in [0.2, 0.25) is 11.8 Å². The first-order chi connectivity index (χ1) is 14.6. The van der Waals surface area contributed by atoms with Crippen LogP contribution >= 0.6 is 11.8 Å². The predicted octanol–water partition coefficient (Wildman–Crippen LogP) is 4.53. The fourth-order valence-electron chi connectivity index (χ4n) is 4.36. The SMILES string of the molecule is CN(Cc1ccccc1NC(=O)CN1C(=O)CSc2ccccc21)C1CCCCC1. The Bertz CT molecular complexity index is 911. The summed E-state index contributed by atoms with van der Waals surface area (Å²) in [7, 11) is 2.18. The van der Waals surface area contributed by atoms with Crippen molar-refractivity contribution in [2.24, 2.45) is 0 Å². The van der Waals surface area contributed by atoms with E-state index in [4.69, 9.17) is 0 Å². The number of anilines is 2. The molecule has 0 atom stereocenters. The van der Waals surface area contributed by atoms with Crippen molar-refractivity contribution in [1.29, 1.82) is 0 Å². The number of fused-ring (bicyclic) bond motifs is 1. The van der Waals surface area contributed by atoms with E-state index in [2.05, 4.69) is 23.3 Å². The standard InChI is InChI=1S/C24H29N3O2S/c1-26(19-10-3-2-4-11-19)15-18-9-5-6-12-20(18)25-23(28)16-27-21-13-7-8-14-22(21)30-17-24(27)29/h5-9,12-14,19H,2-4,10-11,15-17H2,1H3,(H,25,28). The molecule has 1 heterocycles. The lowest BCUT2D eigenvalue weighted by Crippen LogP contribution is -2.41. The van der Waals surface area contributed by atoms with Crippen LogP contribution in [0.1, 0.15) is 37.7 Å². The van der Waals surface area contributed by atoms with E-state index in [1.165, 1.54) is 43.9 Å². The van der Waals surface area contributed by atoms with Crippen LogP contribution in [0.5, 0.6) is 0 Å². The normalized spacial score (nSPS) is 17.1. The molecule has 0 spiro atoms. The Morgan fingerprint density at radius 1 is 1.10 bits per heavy atom. The van der Waals surface area contributed by atoms with E-state index >= 15 is 0 Å². The van der Waals surface area contributed by atoms with Gasteiger partial charge in [0.1, 0.15) is 6.54 Å². The molecule has 2 aromatic carbocycles. The van der Waals surface area contributed by atoms with Gasteiger partial charge in [0.15, 0.2) is 0 Å². The number of carbonyl (C=O) groups excluding carboxylic acids is 2. The minimum Gasteiger partial charge on any atom is -0.324 e. The number of para-hydroxylation sites is 2. The quantitative estimate of drug-likeness (QED) is 0.742. The lowest BCUT2D eigenvalue weighted by atomic mass is 9.94. The van der Waals surface area contributed by atoms with Crippen molar-refractivity contribution in [1.82, 2.24) is 4.90 Å². The molecule has 4 rings (SSSR count). The molecule has 1 aliphatic heterocycles. The molecule has 0 saturated heterocycles. The highest BCUT2D eigenvalue weighted by molar-refractivity contribution is 8.00. The topological polar surface area (TPSA) is 52.7 Å². The summed E-state index contributed by atoms with van der Waals surface area (Å²) in [5, 5.41) is 3.05. The summed E-state index contributed by atoms with van der Waals surface area (Å²) >= 11 is 1.53. The third kappa shape index (κ3) is 4.87. The molecule has 2 aliphatic rings. The monoisotopic (exact) mass is 423 g/mol. The highest BCUT2D eigenvalue weighted by Gasteiger charge is 2.26. The van der Waals surface area contributed by atoms with Crippen molar-refractivity contribution in [3.05, 3.63) is 54.1 Å². The van der Waals surface area contributed by atoms with Gasteiger partial charge in [0, 0.05) is 23.2 Å². The summed E-state index contributed by atoms with van der Waals surface area (Å²) in [6, 6.07) is 16.4. The number of nitrogens with one attached hydrogen (secondary N) is 1. The zero-order valence-electron chi connectivity index (χ0n) is 17.5. The summed E-state index contributed by atoms with van der Waals surface area (Å²) in [5.74, 6) is 0.171.